The van der Waals surface area contributed by atoms with Gasteiger partial charge >= 0.3 is 12.1 Å². The highest BCUT2D eigenvalue weighted by Gasteiger charge is 2.56. The highest BCUT2D eigenvalue weighted by molar-refractivity contribution is 5.98. The lowest BCUT2D eigenvalue weighted by atomic mass is 9.88. The molecule has 0 amide bonds. The number of allylic oxidation sites excluding steroid dienone is 1. The molecule has 1 radical (unpaired) electrons. The van der Waals surface area contributed by atoms with E-state index in [-0.39, 0.29) is 6.42 Å². The summed E-state index contributed by atoms with van der Waals surface area (Å²) in [6, 6.07) is 28.8. The Bertz CT molecular complexity index is 1120. The summed E-state index contributed by atoms with van der Waals surface area (Å²) < 4.78 is 68.2. The minimum absolute atomic E-state index is 0.251. The van der Waals surface area contributed by atoms with Crippen molar-refractivity contribution in [2.45, 2.75) is 64.0 Å². The summed E-state index contributed by atoms with van der Waals surface area (Å²) in [5.41, 5.74) is 5.91. The molecule has 0 saturated heterocycles. The zero-order valence-corrected chi connectivity index (χ0v) is 21.6. The minimum Gasteiger partial charge on any atom is -0.494 e. The lowest BCUT2D eigenvalue weighted by Crippen LogP contribution is -2.36. The highest BCUT2D eigenvalue weighted by atomic mass is 19.4. The average molecular weight is 530 g/mol. The molecule has 0 atom stereocenters. The average Bonchev–Trinajstić information content (AvgIpc) is 2.91. The Labute approximate surface area is 222 Å². The second-order valence-corrected chi connectivity index (χ2v) is 9.19. The van der Waals surface area contributed by atoms with Crippen molar-refractivity contribution < 1.29 is 26.7 Å². The van der Waals surface area contributed by atoms with Gasteiger partial charge in [-0.1, -0.05) is 99.0 Å². The minimum atomic E-state index is -5.48. The second kappa shape index (κ2) is 14.1. The monoisotopic (exact) mass is 529 g/mol. The van der Waals surface area contributed by atoms with Gasteiger partial charge in [0, 0.05) is 6.42 Å². The summed E-state index contributed by atoms with van der Waals surface area (Å²) in [7, 11) is 0. The first-order valence-corrected chi connectivity index (χ1v) is 13.1. The van der Waals surface area contributed by atoms with Crippen molar-refractivity contribution in [3.63, 3.8) is 0 Å². The SMILES string of the molecule is CCC(=C(c1ccccc1)c1ccc(OCCCCC[CH]CCC(F)(F)C(F)(F)F)cc1)c1ccccc1. The number of rotatable bonds is 14. The molecule has 6 heteroatoms. The fourth-order valence-electron chi connectivity index (χ4n) is 4.33. The molecule has 0 N–H and O–H groups in total. The normalized spacial score (nSPS) is 12.8. The Morgan fingerprint density at radius 1 is 0.684 bits per heavy atom. The van der Waals surface area contributed by atoms with Crippen LogP contribution >= 0.6 is 0 Å². The van der Waals surface area contributed by atoms with Gasteiger partial charge < -0.3 is 4.74 Å². The van der Waals surface area contributed by atoms with E-state index in [9.17, 15) is 22.0 Å². The summed E-state index contributed by atoms with van der Waals surface area (Å²) in [6.07, 6.45) is -1.70. The van der Waals surface area contributed by atoms with Crippen LogP contribution in [-0.2, 0) is 0 Å². The molecule has 203 valence electrons. The van der Waals surface area contributed by atoms with Crippen molar-refractivity contribution in [1.29, 1.82) is 0 Å². The number of unbranched alkanes of at least 4 members (excludes halogenated alkanes) is 5. The smallest absolute Gasteiger partial charge is 0.453 e. The maximum atomic E-state index is 12.9. The fraction of sp³-hybridized carbons (Fsp3) is 0.344. The number of halogens is 5. The molecule has 1 nitrogen and oxygen atoms in total. The van der Waals surface area contributed by atoms with Crippen molar-refractivity contribution >= 4 is 11.1 Å². The topological polar surface area (TPSA) is 9.23 Å². The Morgan fingerprint density at radius 2 is 1.26 bits per heavy atom. The number of benzene rings is 3. The van der Waals surface area contributed by atoms with Gasteiger partial charge in [-0.05, 0) is 65.7 Å². The lowest BCUT2D eigenvalue weighted by Gasteiger charge is -2.19. The van der Waals surface area contributed by atoms with Crippen LogP contribution in [0.2, 0.25) is 0 Å². The molecule has 0 fully saturated rings. The molecule has 0 bridgehead atoms. The molecule has 0 heterocycles. The zero-order valence-electron chi connectivity index (χ0n) is 21.6. The van der Waals surface area contributed by atoms with E-state index in [4.69, 9.17) is 4.74 Å². The Hall–Kier alpha value is -3.15. The van der Waals surface area contributed by atoms with Crippen LogP contribution in [0, 0.1) is 6.42 Å². The van der Waals surface area contributed by atoms with Crippen LogP contribution in [0.5, 0.6) is 5.75 Å². The summed E-state index contributed by atoms with van der Waals surface area (Å²) in [4.78, 5) is 0. The van der Waals surface area contributed by atoms with E-state index >= 15 is 0 Å². The summed E-state index contributed by atoms with van der Waals surface area (Å²) in [5.74, 6) is -3.86. The maximum Gasteiger partial charge on any atom is 0.453 e. The number of hydrogen-bond donors (Lipinski definition) is 0. The summed E-state index contributed by atoms with van der Waals surface area (Å²) >= 11 is 0. The molecule has 0 aromatic heterocycles. The number of ether oxygens (including phenoxy) is 1. The second-order valence-electron chi connectivity index (χ2n) is 9.19. The quantitative estimate of drug-likeness (QED) is 0.115. The Kier molecular flexibility index (Phi) is 10.9. The predicted molar refractivity (Wildman–Crippen MR) is 144 cm³/mol. The molecule has 0 spiro atoms. The summed E-state index contributed by atoms with van der Waals surface area (Å²) in [6.45, 7) is 2.68. The van der Waals surface area contributed by atoms with E-state index in [1.165, 1.54) is 23.1 Å². The van der Waals surface area contributed by atoms with E-state index in [0.717, 1.165) is 42.6 Å². The van der Waals surface area contributed by atoms with Crippen molar-refractivity contribution in [2.75, 3.05) is 6.61 Å². The third-order valence-corrected chi connectivity index (χ3v) is 6.38. The van der Waals surface area contributed by atoms with Crippen molar-refractivity contribution in [2.24, 2.45) is 0 Å². The molecular weight excluding hydrogens is 495 g/mol. The first kappa shape index (κ1) is 29.4. The van der Waals surface area contributed by atoms with Crippen LogP contribution in [-0.4, -0.2) is 18.7 Å². The molecule has 3 rings (SSSR count). The van der Waals surface area contributed by atoms with E-state index < -0.39 is 18.5 Å². The van der Waals surface area contributed by atoms with Gasteiger partial charge in [-0.15, -0.1) is 0 Å². The van der Waals surface area contributed by atoms with Crippen molar-refractivity contribution in [3.8, 4) is 5.75 Å². The molecule has 3 aromatic rings. The molecule has 0 saturated carbocycles. The third-order valence-electron chi connectivity index (χ3n) is 6.38. The Morgan fingerprint density at radius 3 is 1.84 bits per heavy atom. The van der Waals surface area contributed by atoms with E-state index in [1.54, 1.807) is 0 Å². The maximum absolute atomic E-state index is 12.9. The van der Waals surface area contributed by atoms with E-state index in [0.29, 0.717) is 13.0 Å². The largest absolute Gasteiger partial charge is 0.494 e. The molecule has 0 unspecified atom stereocenters. The van der Waals surface area contributed by atoms with Crippen LogP contribution in [0.15, 0.2) is 84.9 Å². The van der Waals surface area contributed by atoms with Gasteiger partial charge in [0.05, 0.1) is 6.61 Å². The molecule has 0 aliphatic carbocycles. The molecule has 38 heavy (non-hydrogen) atoms. The first-order valence-electron chi connectivity index (χ1n) is 13.1. The number of hydrogen-bond acceptors (Lipinski definition) is 1. The van der Waals surface area contributed by atoms with Gasteiger partial charge in [-0.25, -0.2) is 0 Å². The van der Waals surface area contributed by atoms with Gasteiger partial charge in [-0.3, -0.25) is 0 Å². The van der Waals surface area contributed by atoms with Crippen LogP contribution in [0.1, 0.15) is 68.6 Å². The van der Waals surface area contributed by atoms with Crippen LogP contribution in [0.25, 0.3) is 11.1 Å². The van der Waals surface area contributed by atoms with Gasteiger partial charge in [-0.2, -0.15) is 22.0 Å². The van der Waals surface area contributed by atoms with Crippen LogP contribution in [0.4, 0.5) is 22.0 Å². The van der Waals surface area contributed by atoms with Gasteiger partial charge in [0.1, 0.15) is 5.75 Å². The molecular formula is C32H34F5O. The predicted octanol–water partition coefficient (Wildman–Crippen LogP) is 10.2. The Balaban J connectivity index is 1.51. The van der Waals surface area contributed by atoms with Crippen molar-refractivity contribution in [3.05, 3.63) is 108 Å². The standard InChI is InChI=1S/C32H34F5O/c1-2-29(25-15-9-7-10-16-25)30(26-17-11-8-12-18-26)27-19-21-28(22-20-27)38-24-14-6-4-3-5-13-23-31(33,34)32(35,36)37/h5,7-12,15-22H,2-4,6,13-14,23-24H2,1H3. The third kappa shape index (κ3) is 8.44. The molecule has 0 aliphatic rings. The fourth-order valence-corrected chi connectivity index (χ4v) is 4.33. The highest BCUT2D eigenvalue weighted by Crippen LogP contribution is 2.39. The first-order chi connectivity index (χ1) is 18.2. The summed E-state index contributed by atoms with van der Waals surface area (Å²) in [5, 5.41) is 0. The van der Waals surface area contributed by atoms with E-state index in [1.807, 2.05) is 36.4 Å². The van der Waals surface area contributed by atoms with Gasteiger partial charge in [0.15, 0.2) is 0 Å². The van der Waals surface area contributed by atoms with Gasteiger partial charge in [0.2, 0.25) is 0 Å². The molecule has 0 aliphatic heterocycles. The molecule has 3 aromatic carbocycles. The van der Waals surface area contributed by atoms with Crippen LogP contribution < -0.4 is 4.74 Å². The number of alkyl halides is 5. The zero-order chi connectivity index (χ0) is 27.4. The van der Waals surface area contributed by atoms with E-state index in [2.05, 4.69) is 55.5 Å². The van der Waals surface area contributed by atoms with Gasteiger partial charge in [0.25, 0.3) is 0 Å². The van der Waals surface area contributed by atoms with Crippen molar-refractivity contribution in [1.82, 2.24) is 0 Å². The van der Waals surface area contributed by atoms with Crippen LogP contribution in [0.3, 0.4) is 0 Å². The lowest BCUT2D eigenvalue weighted by molar-refractivity contribution is -0.284.